The fourth-order valence-electron chi connectivity index (χ4n) is 2.68. The van der Waals surface area contributed by atoms with Crippen LogP contribution in [0.2, 0.25) is 0 Å². The Morgan fingerprint density at radius 3 is 2.42 bits per heavy atom. The summed E-state index contributed by atoms with van der Waals surface area (Å²) >= 11 is 0. The lowest BCUT2D eigenvalue weighted by Crippen LogP contribution is -2.16. The van der Waals surface area contributed by atoms with Gasteiger partial charge in [0.2, 0.25) is 5.91 Å². The first-order valence-electron chi connectivity index (χ1n) is 8.57. The first kappa shape index (κ1) is 17.6. The van der Waals surface area contributed by atoms with Crippen molar-refractivity contribution in [2.24, 2.45) is 0 Å². The van der Waals surface area contributed by atoms with Crippen molar-refractivity contribution < 1.29 is 4.79 Å². The van der Waals surface area contributed by atoms with Crippen molar-refractivity contribution in [3.8, 4) is 0 Å². The number of hydrogen-bond acceptors (Lipinski definition) is 4. The Labute approximate surface area is 153 Å². The van der Waals surface area contributed by atoms with Crippen LogP contribution in [0.1, 0.15) is 22.3 Å². The minimum atomic E-state index is -0.103. The van der Waals surface area contributed by atoms with Gasteiger partial charge in [-0.1, -0.05) is 54.1 Å². The summed E-state index contributed by atoms with van der Waals surface area (Å²) in [5.41, 5.74) is 4.52. The van der Waals surface area contributed by atoms with E-state index in [9.17, 15) is 4.79 Å². The Hall–Kier alpha value is -3.21. The summed E-state index contributed by atoms with van der Waals surface area (Å²) < 4.78 is 0. The second kappa shape index (κ2) is 8.25. The highest BCUT2D eigenvalue weighted by atomic mass is 16.1. The molecule has 2 aromatic carbocycles. The zero-order chi connectivity index (χ0) is 18.4. The quantitative estimate of drug-likeness (QED) is 0.711. The minimum Gasteiger partial charge on any atom is -0.365 e. The Morgan fingerprint density at radius 1 is 0.923 bits per heavy atom. The molecule has 0 radical (unpaired) electrons. The monoisotopic (exact) mass is 346 g/mol. The third kappa shape index (κ3) is 4.89. The number of aromatic nitrogens is 2. The van der Waals surface area contributed by atoms with E-state index in [0.29, 0.717) is 24.6 Å². The van der Waals surface area contributed by atoms with Gasteiger partial charge in [0, 0.05) is 6.54 Å². The number of hydrogen-bond donors (Lipinski definition) is 2. The summed E-state index contributed by atoms with van der Waals surface area (Å²) in [6.07, 6.45) is 0.321. The first-order valence-corrected chi connectivity index (χ1v) is 8.57. The summed E-state index contributed by atoms with van der Waals surface area (Å²) in [7, 11) is 0. The molecule has 1 heterocycles. The Balaban J connectivity index is 1.54. The van der Waals surface area contributed by atoms with Crippen molar-refractivity contribution >= 4 is 17.5 Å². The van der Waals surface area contributed by atoms with Crippen molar-refractivity contribution in [3.63, 3.8) is 0 Å². The van der Waals surface area contributed by atoms with Gasteiger partial charge in [-0.2, -0.15) is 0 Å². The minimum absolute atomic E-state index is 0.103. The standard InChI is InChI=1S/C21H22N4O/c1-15-6-5-8-17(12-15)14-22-19-10-11-20(25-24-19)23-21(26)13-18-9-4-3-7-16(18)2/h3-12H,13-14H2,1-2H3,(H,22,24)(H,23,25,26). The smallest absolute Gasteiger partial charge is 0.230 e. The Bertz CT molecular complexity index is 891. The largest absolute Gasteiger partial charge is 0.365 e. The zero-order valence-electron chi connectivity index (χ0n) is 15.0. The number of rotatable bonds is 6. The van der Waals surface area contributed by atoms with E-state index in [0.717, 1.165) is 11.1 Å². The van der Waals surface area contributed by atoms with Gasteiger partial charge < -0.3 is 10.6 Å². The molecule has 0 saturated carbocycles. The third-order valence-corrected chi connectivity index (χ3v) is 4.10. The van der Waals surface area contributed by atoms with Gasteiger partial charge in [0.15, 0.2) is 5.82 Å². The molecular weight excluding hydrogens is 324 g/mol. The van der Waals surface area contributed by atoms with Gasteiger partial charge in [-0.3, -0.25) is 4.79 Å². The average molecular weight is 346 g/mol. The van der Waals surface area contributed by atoms with Crippen molar-refractivity contribution in [2.45, 2.75) is 26.8 Å². The normalized spacial score (nSPS) is 10.4. The Kier molecular flexibility index (Phi) is 5.59. The number of carbonyl (C=O) groups is 1. The zero-order valence-corrected chi connectivity index (χ0v) is 15.0. The van der Waals surface area contributed by atoms with Crippen LogP contribution in [0.25, 0.3) is 0 Å². The van der Waals surface area contributed by atoms with Crippen LogP contribution in [0.5, 0.6) is 0 Å². The van der Waals surface area contributed by atoms with Crippen molar-refractivity contribution in [1.82, 2.24) is 10.2 Å². The number of aryl methyl sites for hydroxylation is 2. The van der Waals surface area contributed by atoms with Gasteiger partial charge in [-0.15, -0.1) is 10.2 Å². The Morgan fingerprint density at radius 2 is 1.69 bits per heavy atom. The van der Waals surface area contributed by atoms with Crippen LogP contribution in [0.4, 0.5) is 11.6 Å². The van der Waals surface area contributed by atoms with E-state index < -0.39 is 0 Å². The highest BCUT2D eigenvalue weighted by Crippen LogP contribution is 2.11. The molecule has 1 aromatic heterocycles. The van der Waals surface area contributed by atoms with Gasteiger partial charge >= 0.3 is 0 Å². The van der Waals surface area contributed by atoms with E-state index in [1.54, 1.807) is 6.07 Å². The molecule has 0 spiro atoms. The molecule has 5 heteroatoms. The van der Waals surface area contributed by atoms with Crippen molar-refractivity contribution in [3.05, 3.63) is 82.9 Å². The molecule has 0 aliphatic carbocycles. The number of anilines is 2. The molecule has 0 aliphatic heterocycles. The molecule has 3 rings (SSSR count). The van der Waals surface area contributed by atoms with Crippen molar-refractivity contribution in [1.29, 1.82) is 0 Å². The highest BCUT2D eigenvalue weighted by molar-refractivity contribution is 5.91. The molecule has 1 amide bonds. The van der Waals surface area contributed by atoms with Crippen LogP contribution in [0.3, 0.4) is 0 Å². The fraction of sp³-hybridized carbons (Fsp3) is 0.190. The molecule has 0 bridgehead atoms. The number of nitrogens with one attached hydrogen (secondary N) is 2. The molecular formula is C21H22N4O. The summed E-state index contributed by atoms with van der Waals surface area (Å²) in [6.45, 7) is 4.74. The SMILES string of the molecule is Cc1cccc(CNc2ccc(NC(=O)Cc3ccccc3C)nn2)c1. The molecule has 0 fully saturated rings. The lowest BCUT2D eigenvalue weighted by molar-refractivity contribution is -0.115. The van der Waals surface area contributed by atoms with Crippen LogP contribution in [-0.2, 0) is 17.8 Å². The van der Waals surface area contributed by atoms with Gasteiger partial charge in [-0.05, 0) is 42.7 Å². The second-order valence-corrected chi connectivity index (χ2v) is 6.30. The number of amides is 1. The molecule has 0 saturated heterocycles. The molecule has 2 N–H and O–H groups in total. The maximum atomic E-state index is 12.2. The maximum absolute atomic E-state index is 12.2. The van der Waals surface area contributed by atoms with Crippen molar-refractivity contribution in [2.75, 3.05) is 10.6 Å². The average Bonchev–Trinajstić information content (AvgIpc) is 2.63. The number of carbonyl (C=O) groups excluding carboxylic acids is 1. The molecule has 0 aliphatic rings. The number of nitrogens with zero attached hydrogens (tertiary/aromatic N) is 2. The van der Waals surface area contributed by atoms with E-state index in [4.69, 9.17) is 0 Å². The summed E-state index contributed by atoms with van der Waals surface area (Å²) in [5, 5.41) is 14.2. The molecule has 0 unspecified atom stereocenters. The number of benzene rings is 2. The van der Waals surface area contributed by atoms with E-state index >= 15 is 0 Å². The van der Waals surface area contributed by atoms with Crippen LogP contribution >= 0.6 is 0 Å². The van der Waals surface area contributed by atoms with Gasteiger partial charge in [0.1, 0.15) is 5.82 Å². The van der Waals surface area contributed by atoms with Gasteiger partial charge in [0.05, 0.1) is 6.42 Å². The molecule has 3 aromatic rings. The molecule has 5 nitrogen and oxygen atoms in total. The topological polar surface area (TPSA) is 66.9 Å². The fourth-order valence-corrected chi connectivity index (χ4v) is 2.68. The highest BCUT2D eigenvalue weighted by Gasteiger charge is 2.07. The molecule has 0 atom stereocenters. The van der Waals surface area contributed by atoms with E-state index in [1.165, 1.54) is 11.1 Å². The maximum Gasteiger partial charge on any atom is 0.230 e. The molecule has 132 valence electrons. The molecule has 26 heavy (non-hydrogen) atoms. The lowest BCUT2D eigenvalue weighted by atomic mass is 10.1. The summed E-state index contributed by atoms with van der Waals surface area (Å²) in [6, 6.07) is 19.7. The summed E-state index contributed by atoms with van der Waals surface area (Å²) in [4.78, 5) is 12.2. The third-order valence-electron chi connectivity index (χ3n) is 4.10. The van der Waals surface area contributed by atoms with Crippen LogP contribution < -0.4 is 10.6 Å². The summed E-state index contributed by atoms with van der Waals surface area (Å²) in [5.74, 6) is 1.02. The van der Waals surface area contributed by atoms with Crippen LogP contribution in [0.15, 0.2) is 60.7 Å². The van der Waals surface area contributed by atoms with E-state index in [1.807, 2.05) is 43.3 Å². The van der Waals surface area contributed by atoms with Crippen LogP contribution in [0, 0.1) is 13.8 Å². The predicted octanol–water partition coefficient (Wildman–Crippen LogP) is 3.89. The predicted molar refractivity (Wildman–Crippen MR) is 104 cm³/mol. The lowest BCUT2D eigenvalue weighted by Gasteiger charge is -2.08. The second-order valence-electron chi connectivity index (χ2n) is 6.30. The van der Waals surface area contributed by atoms with Crippen LogP contribution in [-0.4, -0.2) is 16.1 Å². The van der Waals surface area contributed by atoms with Gasteiger partial charge in [0.25, 0.3) is 0 Å². The first-order chi connectivity index (χ1) is 12.6. The van der Waals surface area contributed by atoms with E-state index in [-0.39, 0.29) is 5.91 Å². The van der Waals surface area contributed by atoms with Gasteiger partial charge in [-0.25, -0.2) is 0 Å². The van der Waals surface area contributed by atoms with E-state index in [2.05, 4.69) is 46.0 Å².